The zero-order chi connectivity index (χ0) is 10.7. The van der Waals surface area contributed by atoms with Gasteiger partial charge in [0.1, 0.15) is 0 Å². The summed E-state index contributed by atoms with van der Waals surface area (Å²) in [5.41, 5.74) is 1.49. The van der Waals surface area contributed by atoms with Crippen LogP contribution in [0.1, 0.15) is 0 Å². The SMILES string of the molecule is O=c1cc(-c2ccncc2)[nH]n1CCO. The van der Waals surface area contributed by atoms with Gasteiger partial charge >= 0.3 is 0 Å². The molecular weight excluding hydrogens is 194 g/mol. The largest absolute Gasteiger partial charge is 0.394 e. The number of aliphatic hydroxyl groups excluding tert-OH is 1. The topological polar surface area (TPSA) is 70.9 Å². The molecule has 0 aliphatic heterocycles. The van der Waals surface area contributed by atoms with Gasteiger partial charge in [0.05, 0.1) is 18.8 Å². The van der Waals surface area contributed by atoms with Crippen LogP contribution in [0.25, 0.3) is 11.3 Å². The summed E-state index contributed by atoms with van der Waals surface area (Å²) < 4.78 is 1.37. The maximum atomic E-state index is 11.4. The van der Waals surface area contributed by atoms with Gasteiger partial charge in [0, 0.05) is 24.0 Å². The Kier molecular flexibility index (Phi) is 2.64. The lowest BCUT2D eigenvalue weighted by Gasteiger charge is -1.98. The molecule has 0 bridgehead atoms. The maximum absolute atomic E-state index is 11.4. The van der Waals surface area contributed by atoms with Gasteiger partial charge in [0.2, 0.25) is 0 Å². The van der Waals surface area contributed by atoms with Gasteiger partial charge < -0.3 is 5.11 Å². The number of aromatic amines is 1. The molecular formula is C10H11N3O2. The van der Waals surface area contributed by atoms with E-state index in [1.54, 1.807) is 12.4 Å². The van der Waals surface area contributed by atoms with E-state index >= 15 is 0 Å². The molecule has 2 aromatic rings. The number of H-pyrrole nitrogens is 1. The van der Waals surface area contributed by atoms with Crippen LogP contribution in [0.15, 0.2) is 35.4 Å². The molecule has 2 rings (SSSR count). The van der Waals surface area contributed by atoms with Crippen LogP contribution in [-0.2, 0) is 6.54 Å². The van der Waals surface area contributed by atoms with Crippen LogP contribution in [0.5, 0.6) is 0 Å². The first-order valence-corrected chi connectivity index (χ1v) is 4.62. The average Bonchev–Trinajstić information content (AvgIpc) is 2.63. The minimum absolute atomic E-state index is 0.0593. The fourth-order valence-corrected chi connectivity index (χ4v) is 1.38. The Morgan fingerprint density at radius 1 is 1.40 bits per heavy atom. The highest BCUT2D eigenvalue weighted by molar-refractivity contribution is 5.57. The smallest absolute Gasteiger partial charge is 0.267 e. The fourth-order valence-electron chi connectivity index (χ4n) is 1.38. The van der Waals surface area contributed by atoms with E-state index in [-0.39, 0.29) is 18.7 Å². The molecule has 2 N–H and O–H groups in total. The lowest BCUT2D eigenvalue weighted by Crippen LogP contribution is -2.17. The number of hydrogen-bond donors (Lipinski definition) is 2. The van der Waals surface area contributed by atoms with Crippen molar-refractivity contribution in [1.29, 1.82) is 0 Å². The molecule has 78 valence electrons. The minimum atomic E-state index is -0.143. The van der Waals surface area contributed by atoms with E-state index in [0.717, 1.165) is 11.3 Å². The highest BCUT2D eigenvalue weighted by Crippen LogP contribution is 2.12. The van der Waals surface area contributed by atoms with E-state index in [9.17, 15) is 4.79 Å². The van der Waals surface area contributed by atoms with Crippen molar-refractivity contribution in [2.24, 2.45) is 0 Å². The molecule has 0 fully saturated rings. The Bertz CT molecular complexity index is 487. The minimum Gasteiger partial charge on any atom is -0.394 e. The summed E-state index contributed by atoms with van der Waals surface area (Å²) in [7, 11) is 0. The molecule has 0 unspecified atom stereocenters. The van der Waals surface area contributed by atoms with Crippen molar-refractivity contribution in [3.63, 3.8) is 0 Å². The third kappa shape index (κ3) is 1.97. The van der Waals surface area contributed by atoms with Gasteiger partial charge in [-0.05, 0) is 12.1 Å². The molecule has 0 radical (unpaired) electrons. The third-order valence-electron chi connectivity index (χ3n) is 2.10. The molecule has 0 aromatic carbocycles. The fraction of sp³-hybridized carbons (Fsp3) is 0.200. The van der Waals surface area contributed by atoms with Crippen molar-refractivity contribution in [2.45, 2.75) is 6.54 Å². The number of nitrogens with one attached hydrogen (secondary N) is 1. The van der Waals surface area contributed by atoms with Crippen LogP contribution in [-0.4, -0.2) is 26.5 Å². The van der Waals surface area contributed by atoms with E-state index < -0.39 is 0 Å². The monoisotopic (exact) mass is 205 g/mol. The molecule has 0 saturated carbocycles. The van der Waals surface area contributed by atoms with Gasteiger partial charge in [0.25, 0.3) is 5.56 Å². The maximum Gasteiger partial charge on any atom is 0.267 e. The van der Waals surface area contributed by atoms with E-state index in [4.69, 9.17) is 5.11 Å². The first kappa shape index (κ1) is 9.67. The zero-order valence-electron chi connectivity index (χ0n) is 8.05. The first-order chi connectivity index (χ1) is 7.31. The van der Waals surface area contributed by atoms with Gasteiger partial charge in [0.15, 0.2) is 0 Å². The van der Waals surface area contributed by atoms with Crippen molar-refractivity contribution < 1.29 is 5.11 Å². The standard InChI is InChI=1S/C10H11N3O2/c14-6-5-13-10(15)7-9(12-13)8-1-3-11-4-2-8/h1-4,7,12,14H,5-6H2. The van der Waals surface area contributed by atoms with E-state index in [1.807, 2.05) is 12.1 Å². The van der Waals surface area contributed by atoms with Crippen molar-refractivity contribution in [1.82, 2.24) is 14.8 Å². The molecule has 0 aliphatic carbocycles. The summed E-state index contributed by atoms with van der Waals surface area (Å²) in [6.07, 6.45) is 3.33. The molecule has 2 aromatic heterocycles. The van der Waals surface area contributed by atoms with Crippen molar-refractivity contribution in [2.75, 3.05) is 6.61 Å². The average molecular weight is 205 g/mol. The highest BCUT2D eigenvalue weighted by Gasteiger charge is 2.03. The van der Waals surface area contributed by atoms with Gasteiger partial charge in [-0.15, -0.1) is 0 Å². The quantitative estimate of drug-likeness (QED) is 0.753. The Balaban J connectivity index is 2.39. The Labute approximate surface area is 86.0 Å². The van der Waals surface area contributed by atoms with Crippen molar-refractivity contribution in [3.05, 3.63) is 40.9 Å². The number of aliphatic hydroxyl groups is 1. The number of pyridine rings is 1. The molecule has 0 aliphatic rings. The molecule has 2 heterocycles. The summed E-state index contributed by atoms with van der Waals surface area (Å²) in [6.45, 7) is 0.222. The van der Waals surface area contributed by atoms with Crippen molar-refractivity contribution >= 4 is 0 Å². The molecule has 5 nitrogen and oxygen atoms in total. The van der Waals surface area contributed by atoms with Gasteiger partial charge in [-0.3, -0.25) is 19.6 Å². The zero-order valence-corrected chi connectivity index (χ0v) is 8.05. The van der Waals surface area contributed by atoms with Crippen LogP contribution < -0.4 is 5.56 Å². The van der Waals surface area contributed by atoms with Crippen LogP contribution >= 0.6 is 0 Å². The Hall–Kier alpha value is -1.88. The summed E-state index contributed by atoms with van der Waals surface area (Å²) >= 11 is 0. The second-order valence-corrected chi connectivity index (χ2v) is 3.12. The summed E-state index contributed by atoms with van der Waals surface area (Å²) in [4.78, 5) is 15.3. The summed E-state index contributed by atoms with van der Waals surface area (Å²) in [5.74, 6) is 0. The third-order valence-corrected chi connectivity index (χ3v) is 2.10. The lowest BCUT2D eigenvalue weighted by atomic mass is 10.2. The molecule has 5 heteroatoms. The second kappa shape index (κ2) is 4.10. The number of aromatic nitrogens is 3. The van der Waals surface area contributed by atoms with Crippen LogP contribution in [0.3, 0.4) is 0 Å². The van der Waals surface area contributed by atoms with Gasteiger partial charge in [-0.25, -0.2) is 0 Å². The molecule has 0 amide bonds. The van der Waals surface area contributed by atoms with Crippen LogP contribution in [0, 0.1) is 0 Å². The van der Waals surface area contributed by atoms with Crippen LogP contribution in [0.4, 0.5) is 0 Å². The Morgan fingerprint density at radius 2 is 2.13 bits per heavy atom. The lowest BCUT2D eigenvalue weighted by molar-refractivity contribution is 0.267. The van der Waals surface area contributed by atoms with Crippen molar-refractivity contribution in [3.8, 4) is 11.3 Å². The molecule has 0 saturated heterocycles. The second-order valence-electron chi connectivity index (χ2n) is 3.12. The predicted octanol–water partition coefficient (Wildman–Crippen LogP) is 0.231. The summed E-state index contributed by atoms with van der Waals surface area (Å²) in [6, 6.07) is 5.13. The Morgan fingerprint density at radius 3 is 2.80 bits per heavy atom. The predicted molar refractivity (Wildman–Crippen MR) is 55.4 cm³/mol. The number of rotatable bonds is 3. The molecule has 0 atom stereocenters. The number of hydrogen-bond acceptors (Lipinski definition) is 3. The normalized spacial score (nSPS) is 10.5. The van der Waals surface area contributed by atoms with Crippen LogP contribution in [0.2, 0.25) is 0 Å². The first-order valence-electron chi connectivity index (χ1n) is 4.62. The van der Waals surface area contributed by atoms with Gasteiger partial charge in [-0.2, -0.15) is 0 Å². The number of nitrogens with zero attached hydrogens (tertiary/aromatic N) is 2. The van der Waals surface area contributed by atoms with E-state index in [2.05, 4.69) is 10.1 Å². The molecule has 0 spiro atoms. The van der Waals surface area contributed by atoms with Gasteiger partial charge in [-0.1, -0.05) is 0 Å². The van der Waals surface area contributed by atoms with E-state index in [0.29, 0.717) is 0 Å². The highest BCUT2D eigenvalue weighted by atomic mass is 16.3. The summed E-state index contributed by atoms with van der Waals surface area (Å²) in [5, 5.41) is 11.6. The van der Waals surface area contributed by atoms with E-state index in [1.165, 1.54) is 10.7 Å². The molecule has 15 heavy (non-hydrogen) atoms.